The molecule has 1 unspecified atom stereocenters. The van der Waals surface area contributed by atoms with E-state index in [0.717, 1.165) is 21.9 Å². The summed E-state index contributed by atoms with van der Waals surface area (Å²) in [5.41, 5.74) is 2.53. The maximum Gasteiger partial charge on any atom is 0.294 e. The molecule has 5 nitrogen and oxygen atoms in total. The molecule has 2 aromatic heterocycles. The van der Waals surface area contributed by atoms with Crippen molar-refractivity contribution in [1.82, 2.24) is 4.98 Å². The zero-order chi connectivity index (χ0) is 20.7. The Morgan fingerprint density at radius 2 is 1.93 bits per heavy atom. The number of nitrogens with zero attached hydrogens (tertiary/aromatic N) is 2. The molecule has 0 bridgehead atoms. The van der Waals surface area contributed by atoms with Crippen molar-refractivity contribution in [1.29, 1.82) is 0 Å². The molecule has 148 valence electrons. The molecule has 1 aliphatic heterocycles. The van der Waals surface area contributed by atoms with Crippen molar-refractivity contribution >= 4 is 40.1 Å². The lowest BCUT2D eigenvalue weighted by molar-refractivity contribution is -0.117. The number of amides is 1. The third kappa shape index (κ3) is 3.30. The Hall–Kier alpha value is -2.77. The SMILES string of the molecule is CCc1ccc(N2C(=O)C(O)=C(C(=O)c3sc(C)nc3C)C2c2cccs2)cc1. The average molecular weight is 425 g/mol. The number of carbonyl (C=O) groups is 2. The van der Waals surface area contributed by atoms with Gasteiger partial charge in [-0.3, -0.25) is 14.5 Å². The predicted molar refractivity (Wildman–Crippen MR) is 116 cm³/mol. The molecule has 1 amide bonds. The van der Waals surface area contributed by atoms with Gasteiger partial charge < -0.3 is 5.11 Å². The van der Waals surface area contributed by atoms with Gasteiger partial charge in [-0.15, -0.1) is 22.7 Å². The highest BCUT2D eigenvalue weighted by molar-refractivity contribution is 7.14. The Balaban J connectivity index is 1.84. The molecule has 29 heavy (non-hydrogen) atoms. The molecule has 3 aromatic rings. The first-order valence-corrected chi connectivity index (χ1v) is 11.0. The van der Waals surface area contributed by atoms with Gasteiger partial charge in [0.1, 0.15) is 6.04 Å². The van der Waals surface area contributed by atoms with Gasteiger partial charge in [-0.25, -0.2) is 4.98 Å². The molecule has 7 heteroatoms. The summed E-state index contributed by atoms with van der Waals surface area (Å²) in [6, 6.07) is 10.7. The van der Waals surface area contributed by atoms with E-state index >= 15 is 0 Å². The lowest BCUT2D eigenvalue weighted by Gasteiger charge is -2.25. The molecule has 4 rings (SSSR count). The highest BCUT2D eigenvalue weighted by Gasteiger charge is 2.45. The van der Waals surface area contributed by atoms with Gasteiger partial charge in [-0.05, 0) is 49.4 Å². The minimum Gasteiger partial charge on any atom is -0.503 e. The second-order valence-corrected chi connectivity index (χ2v) is 9.03. The standard InChI is InChI=1S/C22H20N2O3S2/c1-4-14-7-9-15(10-8-14)24-18(16-6-5-11-28-16)17(20(26)22(24)27)19(25)21-12(2)23-13(3)29-21/h5-11,18,26H,4H2,1-3H3. The topological polar surface area (TPSA) is 70.5 Å². The first kappa shape index (κ1) is 19.5. The van der Waals surface area contributed by atoms with Gasteiger partial charge in [0.05, 0.1) is 21.2 Å². The predicted octanol–water partition coefficient (Wildman–Crippen LogP) is 5.17. The van der Waals surface area contributed by atoms with Crippen LogP contribution >= 0.6 is 22.7 Å². The zero-order valence-electron chi connectivity index (χ0n) is 16.3. The second-order valence-electron chi connectivity index (χ2n) is 6.85. The number of anilines is 1. The van der Waals surface area contributed by atoms with E-state index in [2.05, 4.69) is 11.9 Å². The Morgan fingerprint density at radius 1 is 1.21 bits per heavy atom. The lowest BCUT2D eigenvalue weighted by atomic mass is 10.00. The van der Waals surface area contributed by atoms with Crippen LogP contribution in [0.15, 0.2) is 53.1 Å². The van der Waals surface area contributed by atoms with Crippen molar-refractivity contribution in [2.45, 2.75) is 33.2 Å². The minimum atomic E-state index is -0.663. The van der Waals surface area contributed by atoms with Crippen LogP contribution in [0.1, 0.15) is 43.8 Å². The number of hydrogen-bond acceptors (Lipinski definition) is 6. The zero-order valence-corrected chi connectivity index (χ0v) is 17.9. The maximum absolute atomic E-state index is 13.4. The van der Waals surface area contributed by atoms with Crippen LogP contribution in [0.3, 0.4) is 0 Å². The maximum atomic E-state index is 13.4. The Bertz CT molecular complexity index is 1110. The fourth-order valence-corrected chi connectivity index (χ4v) is 5.27. The molecule has 0 radical (unpaired) electrons. The Morgan fingerprint density at radius 3 is 2.48 bits per heavy atom. The van der Waals surface area contributed by atoms with Gasteiger partial charge >= 0.3 is 0 Å². The number of carbonyl (C=O) groups excluding carboxylic acids is 2. The minimum absolute atomic E-state index is 0.115. The van der Waals surface area contributed by atoms with E-state index in [-0.39, 0.29) is 11.4 Å². The molecule has 1 aliphatic rings. The van der Waals surface area contributed by atoms with E-state index in [1.54, 1.807) is 6.92 Å². The van der Waals surface area contributed by atoms with Crippen molar-refractivity contribution in [3.63, 3.8) is 0 Å². The number of Topliss-reactive ketones (excluding diaryl/α,β-unsaturated/α-hetero) is 1. The van der Waals surface area contributed by atoms with E-state index in [1.807, 2.05) is 48.7 Å². The van der Waals surface area contributed by atoms with Crippen LogP contribution in [0.4, 0.5) is 5.69 Å². The van der Waals surface area contributed by atoms with Crippen LogP contribution in [0.25, 0.3) is 0 Å². The molecule has 1 aromatic carbocycles. The molecule has 0 saturated carbocycles. The Labute approximate surface area is 177 Å². The van der Waals surface area contributed by atoms with Gasteiger partial charge in [0.15, 0.2) is 5.76 Å². The second kappa shape index (κ2) is 7.57. The van der Waals surface area contributed by atoms with Gasteiger partial charge in [-0.1, -0.05) is 25.1 Å². The monoisotopic (exact) mass is 424 g/mol. The van der Waals surface area contributed by atoms with E-state index in [0.29, 0.717) is 16.3 Å². The fraction of sp³-hybridized carbons (Fsp3) is 0.227. The van der Waals surface area contributed by atoms with Crippen molar-refractivity contribution < 1.29 is 14.7 Å². The smallest absolute Gasteiger partial charge is 0.294 e. The number of aryl methyl sites for hydroxylation is 3. The van der Waals surface area contributed by atoms with Crippen LogP contribution in [0.2, 0.25) is 0 Å². The van der Waals surface area contributed by atoms with Crippen molar-refractivity contribution in [2.75, 3.05) is 4.90 Å². The number of aromatic nitrogens is 1. The van der Waals surface area contributed by atoms with Crippen LogP contribution in [-0.2, 0) is 11.2 Å². The fourth-order valence-electron chi connectivity index (χ4n) is 3.58. The van der Waals surface area contributed by atoms with Crippen molar-refractivity contribution in [3.8, 4) is 0 Å². The molecule has 1 N–H and O–H groups in total. The number of rotatable bonds is 5. The van der Waals surface area contributed by atoms with E-state index in [1.165, 1.54) is 27.6 Å². The average Bonchev–Trinajstić information content (AvgIpc) is 3.41. The summed E-state index contributed by atoms with van der Waals surface area (Å²) >= 11 is 2.73. The molecule has 3 heterocycles. The third-order valence-corrected chi connectivity index (χ3v) is 6.99. The molecule has 0 saturated heterocycles. The van der Waals surface area contributed by atoms with Gasteiger partial charge in [0, 0.05) is 10.6 Å². The van der Waals surface area contributed by atoms with Gasteiger partial charge in [0.2, 0.25) is 5.78 Å². The summed E-state index contributed by atoms with van der Waals surface area (Å²) in [5.74, 6) is -1.39. The Kier molecular flexibility index (Phi) is 5.10. The molecule has 0 fully saturated rings. The first-order valence-electron chi connectivity index (χ1n) is 9.30. The van der Waals surface area contributed by atoms with Crippen LogP contribution < -0.4 is 4.90 Å². The summed E-state index contributed by atoms with van der Waals surface area (Å²) in [4.78, 5) is 33.6. The number of thiophene rings is 1. The summed E-state index contributed by atoms with van der Waals surface area (Å²) in [7, 11) is 0. The highest BCUT2D eigenvalue weighted by Crippen LogP contribution is 2.44. The summed E-state index contributed by atoms with van der Waals surface area (Å²) in [6.45, 7) is 5.67. The summed E-state index contributed by atoms with van der Waals surface area (Å²) < 4.78 is 0. The highest BCUT2D eigenvalue weighted by atomic mass is 32.1. The lowest BCUT2D eigenvalue weighted by Crippen LogP contribution is -2.30. The molecule has 1 atom stereocenters. The van der Waals surface area contributed by atoms with E-state index in [4.69, 9.17) is 0 Å². The van der Waals surface area contributed by atoms with Crippen LogP contribution in [0, 0.1) is 13.8 Å². The van der Waals surface area contributed by atoms with Crippen LogP contribution in [-0.4, -0.2) is 21.8 Å². The molecule has 0 aliphatic carbocycles. The van der Waals surface area contributed by atoms with Crippen molar-refractivity contribution in [2.24, 2.45) is 0 Å². The van der Waals surface area contributed by atoms with Crippen LogP contribution in [0.5, 0.6) is 0 Å². The number of benzene rings is 1. The number of aliphatic hydroxyl groups excluding tert-OH is 1. The number of ketones is 1. The largest absolute Gasteiger partial charge is 0.503 e. The van der Waals surface area contributed by atoms with E-state index in [9.17, 15) is 14.7 Å². The normalized spacial score (nSPS) is 16.7. The number of thiazole rings is 1. The third-order valence-electron chi connectivity index (χ3n) is 5.00. The summed E-state index contributed by atoms with van der Waals surface area (Å²) in [5, 5.41) is 13.4. The van der Waals surface area contributed by atoms with Gasteiger partial charge in [-0.2, -0.15) is 0 Å². The number of hydrogen-bond donors (Lipinski definition) is 1. The van der Waals surface area contributed by atoms with Crippen molar-refractivity contribution in [3.05, 3.63) is 79.1 Å². The summed E-state index contributed by atoms with van der Waals surface area (Å²) in [6.07, 6.45) is 0.889. The molecule has 0 spiro atoms. The quantitative estimate of drug-likeness (QED) is 0.574. The van der Waals surface area contributed by atoms with Gasteiger partial charge in [0.25, 0.3) is 5.91 Å². The first-order chi connectivity index (χ1) is 13.9. The van der Waals surface area contributed by atoms with E-state index < -0.39 is 17.7 Å². The molecular formula is C22H20N2O3S2. The molecular weight excluding hydrogens is 404 g/mol. The number of aliphatic hydroxyl groups is 1.